The van der Waals surface area contributed by atoms with Gasteiger partial charge in [0, 0.05) is 29.3 Å². The van der Waals surface area contributed by atoms with Crippen molar-refractivity contribution in [3.8, 4) is 0 Å². The van der Waals surface area contributed by atoms with Gasteiger partial charge in [0.15, 0.2) is 0 Å². The third kappa shape index (κ3) is 2.34. The topological polar surface area (TPSA) is 29.3 Å². The highest BCUT2D eigenvalue weighted by molar-refractivity contribution is 9.10. The number of nitrogens with two attached hydrogens (primary N) is 1. The fourth-order valence-corrected chi connectivity index (χ4v) is 2.52. The molecule has 1 atom stereocenters. The first-order chi connectivity index (χ1) is 7.18. The van der Waals surface area contributed by atoms with Gasteiger partial charge < -0.3 is 10.6 Å². The molecule has 1 unspecified atom stereocenters. The second kappa shape index (κ2) is 4.54. The molecule has 15 heavy (non-hydrogen) atoms. The van der Waals surface area contributed by atoms with Crippen LogP contribution >= 0.6 is 15.9 Å². The van der Waals surface area contributed by atoms with Gasteiger partial charge in [-0.1, -0.05) is 22.0 Å². The van der Waals surface area contributed by atoms with Gasteiger partial charge in [-0.3, -0.25) is 0 Å². The van der Waals surface area contributed by atoms with E-state index in [1.165, 1.54) is 22.1 Å². The van der Waals surface area contributed by atoms with Gasteiger partial charge >= 0.3 is 0 Å². The van der Waals surface area contributed by atoms with Crippen molar-refractivity contribution in [2.75, 3.05) is 18.0 Å². The summed E-state index contributed by atoms with van der Waals surface area (Å²) in [6, 6.07) is 6.69. The molecular weight excluding hydrogens is 252 g/mol. The van der Waals surface area contributed by atoms with E-state index in [-0.39, 0.29) is 0 Å². The maximum Gasteiger partial charge on any atom is 0.0407 e. The minimum Gasteiger partial charge on any atom is -0.370 e. The first-order valence-electron chi connectivity index (χ1n) is 5.44. The van der Waals surface area contributed by atoms with Crippen LogP contribution in [-0.2, 0) is 0 Å². The van der Waals surface area contributed by atoms with Crippen LogP contribution in [0.1, 0.15) is 18.4 Å². The molecule has 1 aliphatic rings. The molecule has 0 radical (unpaired) electrons. The summed E-state index contributed by atoms with van der Waals surface area (Å²) in [5, 5.41) is 0. The minimum atomic E-state index is 0.331. The highest BCUT2D eigenvalue weighted by Gasteiger charge is 2.18. The van der Waals surface area contributed by atoms with E-state index in [0.29, 0.717) is 6.04 Å². The van der Waals surface area contributed by atoms with Gasteiger partial charge in [0.1, 0.15) is 0 Å². The quantitative estimate of drug-likeness (QED) is 0.849. The molecule has 1 fully saturated rings. The third-order valence-electron chi connectivity index (χ3n) is 3.04. The van der Waals surface area contributed by atoms with Crippen LogP contribution in [0.15, 0.2) is 22.7 Å². The number of hydrogen-bond donors (Lipinski definition) is 1. The molecule has 0 spiro atoms. The Kier molecular flexibility index (Phi) is 3.32. The van der Waals surface area contributed by atoms with Crippen molar-refractivity contribution in [3.63, 3.8) is 0 Å². The van der Waals surface area contributed by atoms with Crippen LogP contribution in [0.3, 0.4) is 0 Å². The van der Waals surface area contributed by atoms with E-state index in [1.807, 2.05) is 0 Å². The molecule has 1 aromatic rings. The zero-order chi connectivity index (χ0) is 10.8. The summed E-state index contributed by atoms with van der Waals surface area (Å²) in [5.41, 5.74) is 8.63. The van der Waals surface area contributed by atoms with Crippen LogP contribution in [0.2, 0.25) is 0 Å². The lowest BCUT2D eigenvalue weighted by Crippen LogP contribution is -2.43. The maximum absolute atomic E-state index is 6.00. The Morgan fingerprint density at radius 3 is 3.00 bits per heavy atom. The standard InChI is InChI=1S/C12H17BrN2/c1-9-11(13)5-2-6-12(9)15-7-3-4-10(14)8-15/h2,5-6,10H,3-4,7-8,14H2,1H3. The highest BCUT2D eigenvalue weighted by Crippen LogP contribution is 2.28. The number of piperidine rings is 1. The molecule has 0 bridgehead atoms. The second-order valence-electron chi connectivity index (χ2n) is 4.23. The maximum atomic E-state index is 6.00. The summed E-state index contributed by atoms with van der Waals surface area (Å²) in [4.78, 5) is 2.40. The van der Waals surface area contributed by atoms with Crippen molar-refractivity contribution in [1.29, 1.82) is 0 Å². The van der Waals surface area contributed by atoms with Crippen molar-refractivity contribution in [1.82, 2.24) is 0 Å². The zero-order valence-corrected chi connectivity index (χ0v) is 10.6. The smallest absolute Gasteiger partial charge is 0.0407 e. The van der Waals surface area contributed by atoms with Gasteiger partial charge in [-0.05, 0) is 37.5 Å². The lowest BCUT2D eigenvalue weighted by atomic mass is 10.0. The Morgan fingerprint density at radius 1 is 1.47 bits per heavy atom. The Balaban J connectivity index is 2.24. The van der Waals surface area contributed by atoms with Crippen molar-refractivity contribution in [2.24, 2.45) is 5.73 Å². The van der Waals surface area contributed by atoms with Gasteiger partial charge in [-0.25, -0.2) is 0 Å². The molecule has 82 valence electrons. The van der Waals surface area contributed by atoms with Gasteiger partial charge in [-0.2, -0.15) is 0 Å². The lowest BCUT2D eigenvalue weighted by Gasteiger charge is -2.33. The molecule has 1 heterocycles. The van der Waals surface area contributed by atoms with E-state index in [9.17, 15) is 0 Å². The van der Waals surface area contributed by atoms with Gasteiger partial charge in [-0.15, -0.1) is 0 Å². The zero-order valence-electron chi connectivity index (χ0n) is 9.04. The predicted octanol–water partition coefficient (Wildman–Crippen LogP) is 2.69. The monoisotopic (exact) mass is 268 g/mol. The van der Waals surface area contributed by atoms with Gasteiger partial charge in [0.05, 0.1) is 0 Å². The van der Waals surface area contributed by atoms with Gasteiger partial charge in [0.25, 0.3) is 0 Å². The summed E-state index contributed by atoms with van der Waals surface area (Å²) in [7, 11) is 0. The summed E-state index contributed by atoms with van der Waals surface area (Å²) in [6.07, 6.45) is 2.36. The fraction of sp³-hybridized carbons (Fsp3) is 0.500. The van der Waals surface area contributed by atoms with Crippen LogP contribution in [0.5, 0.6) is 0 Å². The van der Waals surface area contributed by atoms with Crippen LogP contribution in [0, 0.1) is 6.92 Å². The van der Waals surface area contributed by atoms with Crippen molar-refractivity contribution in [2.45, 2.75) is 25.8 Å². The molecule has 0 amide bonds. The SMILES string of the molecule is Cc1c(Br)cccc1N1CCCC(N)C1. The van der Waals surface area contributed by atoms with E-state index in [1.54, 1.807) is 0 Å². The molecule has 0 aromatic heterocycles. The predicted molar refractivity (Wildman–Crippen MR) is 68.3 cm³/mol. The fourth-order valence-electron chi connectivity index (χ4n) is 2.17. The van der Waals surface area contributed by atoms with E-state index >= 15 is 0 Å². The van der Waals surface area contributed by atoms with E-state index in [2.05, 4.69) is 46.0 Å². The molecule has 0 saturated carbocycles. The number of nitrogens with zero attached hydrogens (tertiary/aromatic N) is 1. The highest BCUT2D eigenvalue weighted by atomic mass is 79.9. The Labute approximate surface area is 99.6 Å². The molecule has 1 aliphatic heterocycles. The first kappa shape index (κ1) is 11.0. The molecule has 1 aromatic carbocycles. The van der Waals surface area contributed by atoms with Crippen molar-refractivity contribution in [3.05, 3.63) is 28.2 Å². The van der Waals surface area contributed by atoms with Crippen molar-refractivity contribution < 1.29 is 0 Å². The summed E-state index contributed by atoms with van der Waals surface area (Å²) in [5.74, 6) is 0. The number of hydrogen-bond acceptors (Lipinski definition) is 2. The van der Waals surface area contributed by atoms with E-state index < -0.39 is 0 Å². The van der Waals surface area contributed by atoms with Crippen LogP contribution in [0.4, 0.5) is 5.69 Å². The van der Waals surface area contributed by atoms with Crippen molar-refractivity contribution >= 4 is 21.6 Å². The molecule has 2 rings (SSSR count). The van der Waals surface area contributed by atoms with Gasteiger partial charge in [0.2, 0.25) is 0 Å². The number of halogens is 1. The number of benzene rings is 1. The number of rotatable bonds is 1. The summed E-state index contributed by atoms with van der Waals surface area (Å²) in [6.45, 7) is 4.27. The molecule has 3 heteroatoms. The largest absolute Gasteiger partial charge is 0.370 e. The number of anilines is 1. The average Bonchev–Trinajstić information content (AvgIpc) is 2.22. The summed E-state index contributed by atoms with van der Waals surface area (Å²) < 4.78 is 1.18. The molecule has 2 nitrogen and oxygen atoms in total. The second-order valence-corrected chi connectivity index (χ2v) is 5.09. The molecule has 0 aliphatic carbocycles. The third-order valence-corrected chi connectivity index (χ3v) is 3.90. The lowest BCUT2D eigenvalue weighted by molar-refractivity contribution is 0.505. The van der Waals surface area contributed by atoms with Crippen LogP contribution in [0.25, 0.3) is 0 Å². The van der Waals surface area contributed by atoms with Crippen LogP contribution in [-0.4, -0.2) is 19.1 Å². The Morgan fingerprint density at radius 2 is 2.27 bits per heavy atom. The average molecular weight is 269 g/mol. The Hall–Kier alpha value is -0.540. The Bertz CT molecular complexity index is 351. The minimum absolute atomic E-state index is 0.331. The summed E-state index contributed by atoms with van der Waals surface area (Å²) >= 11 is 3.57. The van der Waals surface area contributed by atoms with E-state index in [4.69, 9.17) is 5.73 Å². The normalized spacial score (nSPS) is 21.8. The molecular formula is C12H17BrN2. The molecule has 2 N–H and O–H groups in total. The van der Waals surface area contributed by atoms with E-state index in [0.717, 1.165) is 19.5 Å². The van der Waals surface area contributed by atoms with Crippen LogP contribution < -0.4 is 10.6 Å². The first-order valence-corrected chi connectivity index (χ1v) is 6.23. The molecule has 1 saturated heterocycles.